The molecule has 7 nitrogen and oxygen atoms in total. The van der Waals surface area contributed by atoms with E-state index in [0.717, 1.165) is 11.3 Å². The van der Waals surface area contributed by atoms with E-state index >= 15 is 0 Å². The van der Waals surface area contributed by atoms with E-state index in [1.165, 1.54) is 6.20 Å². The van der Waals surface area contributed by atoms with Gasteiger partial charge >= 0.3 is 0 Å². The van der Waals surface area contributed by atoms with Gasteiger partial charge in [-0.1, -0.05) is 18.2 Å². The van der Waals surface area contributed by atoms with Crippen molar-refractivity contribution in [1.29, 1.82) is 0 Å². The minimum Gasteiger partial charge on any atom is -0.497 e. The van der Waals surface area contributed by atoms with Gasteiger partial charge in [0.15, 0.2) is 0 Å². The van der Waals surface area contributed by atoms with E-state index in [-0.39, 0.29) is 18.0 Å². The molecule has 0 aliphatic heterocycles. The van der Waals surface area contributed by atoms with E-state index in [1.807, 2.05) is 24.3 Å². The molecule has 0 spiro atoms. The molecule has 1 aromatic heterocycles. The lowest BCUT2D eigenvalue weighted by molar-refractivity contribution is -0.120. The first-order valence-corrected chi connectivity index (χ1v) is 7.72. The van der Waals surface area contributed by atoms with Gasteiger partial charge in [0.1, 0.15) is 11.4 Å². The third-order valence-electron chi connectivity index (χ3n) is 3.31. The largest absolute Gasteiger partial charge is 0.497 e. The molecule has 0 saturated heterocycles. The topological polar surface area (TPSA) is 92.7 Å². The second-order valence-electron chi connectivity index (χ2n) is 5.30. The van der Waals surface area contributed by atoms with Gasteiger partial charge in [-0.25, -0.2) is 5.43 Å². The molecule has 25 heavy (non-hydrogen) atoms. The summed E-state index contributed by atoms with van der Waals surface area (Å²) in [5, 5.41) is 6.72. The van der Waals surface area contributed by atoms with Crippen molar-refractivity contribution >= 4 is 17.5 Å². The minimum atomic E-state index is -0.418. The van der Waals surface area contributed by atoms with Crippen LogP contribution in [0.2, 0.25) is 0 Å². The number of hydrogen-bond donors (Lipinski definition) is 2. The summed E-state index contributed by atoms with van der Waals surface area (Å²) in [7, 11) is 1.60. The Bertz CT molecular complexity index is 743. The summed E-state index contributed by atoms with van der Waals surface area (Å²) in [6.07, 6.45) is 1.62. The standard InChI is InChI=1S/C18H20N4O3/c1-13(21-22-18(24)16-5-3-4-10-19-16)11-17(23)20-12-14-6-8-15(25-2)9-7-14/h3-10H,11-12H2,1-2H3,(H,20,23)(H,22,24). The lowest BCUT2D eigenvalue weighted by Crippen LogP contribution is -2.26. The van der Waals surface area contributed by atoms with Gasteiger partial charge in [-0.05, 0) is 36.8 Å². The number of aromatic nitrogens is 1. The van der Waals surface area contributed by atoms with Crippen molar-refractivity contribution in [3.05, 3.63) is 59.9 Å². The Kier molecular flexibility index (Phi) is 6.65. The summed E-state index contributed by atoms with van der Waals surface area (Å²) in [6.45, 7) is 2.09. The van der Waals surface area contributed by atoms with Gasteiger partial charge in [-0.2, -0.15) is 5.10 Å². The molecule has 2 rings (SSSR count). The van der Waals surface area contributed by atoms with Crippen LogP contribution in [0.4, 0.5) is 0 Å². The first-order chi connectivity index (χ1) is 12.1. The van der Waals surface area contributed by atoms with Crippen LogP contribution in [0.25, 0.3) is 0 Å². The number of hydrazone groups is 1. The Morgan fingerprint density at radius 3 is 2.56 bits per heavy atom. The van der Waals surface area contributed by atoms with Gasteiger partial charge in [0.25, 0.3) is 5.91 Å². The Morgan fingerprint density at radius 1 is 1.16 bits per heavy atom. The van der Waals surface area contributed by atoms with Crippen molar-refractivity contribution in [2.45, 2.75) is 19.9 Å². The van der Waals surface area contributed by atoms with Crippen LogP contribution in [0.5, 0.6) is 5.75 Å². The van der Waals surface area contributed by atoms with Crippen LogP contribution in [-0.2, 0) is 11.3 Å². The van der Waals surface area contributed by atoms with Gasteiger partial charge in [-0.3, -0.25) is 14.6 Å². The van der Waals surface area contributed by atoms with Crippen molar-refractivity contribution in [2.75, 3.05) is 7.11 Å². The van der Waals surface area contributed by atoms with Crippen LogP contribution in [0.1, 0.15) is 29.4 Å². The normalized spacial score (nSPS) is 10.9. The fourth-order valence-corrected chi connectivity index (χ4v) is 1.98. The fraction of sp³-hybridized carbons (Fsp3) is 0.222. The second-order valence-corrected chi connectivity index (χ2v) is 5.30. The average molecular weight is 340 g/mol. The smallest absolute Gasteiger partial charge is 0.289 e. The molecule has 2 N–H and O–H groups in total. The van der Waals surface area contributed by atoms with Crippen LogP contribution in [-0.4, -0.2) is 29.6 Å². The summed E-state index contributed by atoms with van der Waals surface area (Å²) in [5.41, 5.74) is 4.11. The monoisotopic (exact) mass is 340 g/mol. The number of ether oxygens (including phenoxy) is 1. The van der Waals surface area contributed by atoms with Crippen LogP contribution in [0.3, 0.4) is 0 Å². The number of carbonyl (C=O) groups is 2. The van der Waals surface area contributed by atoms with Crippen LogP contribution >= 0.6 is 0 Å². The Hall–Kier alpha value is -3.22. The number of hydrogen-bond acceptors (Lipinski definition) is 5. The third kappa shape index (κ3) is 6.06. The molecule has 0 bridgehead atoms. The van der Waals surface area contributed by atoms with Gasteiger partial charge in [0.05, 0.1) is 13.5 Å². The number of pyridine rings is 1. The van der Waals surface area contributed by atoms with Crippen LogP contribution in [0, 0.1) is 0 Å². The zero-order chi connectivity index (χ0) is 18.1. The number of benzene rings is 1. The molecule has 0 radical (unpaired) electrons. The molecule has 0 unspecified atom stereocenters. The second kappa shape index (κ2) is 9.17. The van der Waals surface area contributed by atoms with Crippen LogP contribution in [0.15, 0.2) is 53.8 Å². The highest BCUT2D eigenvalue weighted by Gasteiger charge is 2.07. The Labute approximate surface area is 146 Å². The van der Waals surface area contributed by atoms with E-state index < -0.39 is 5.91 Å². The zero-order valence-electron chi connectivity index (χ0n) is 14.2. The van der Waals surface area contributed by atoms with E-state index in [0.29, 0.717) is 12.3 Å². The summed E-state index contributed by atoms with van der Waals surface area (Å²) in [6, 6.07) is 12.5. The first kappa shape index (κ1) is 18.1. The van der Waals surface area contributed by atoms with Gasteiger partial charge in [0.2, 0.25) is 5.91 Å². The maximum Gasteiger partial charge on any atom is 0.289 e. The maximum absolute atomic E-state index is 11.9. The minimum absolute atomic E-state index is 0.0959. The highest BCUT2D eigenvalue weighted by Crippen LogP contribution is 2.10. The van der Waals surface area contributed by atoms with E-state index in [4.69, 9.17) is 4.74 Å². The van der Waals surface area contributed by atoms with Crippen LogP contribution < -0.4 is 15.5 Å². The zero-order valence-corrected chi connectivity index (χ0v) is 14.2. The third-order valence-corrected chi connectivity index (χ3v) is 3.31. The Balaban J connectivity index is 1.77. The maximum atomic E-state index is 11.9. The number of nitrogens with zero attached hydrogens (tertiary/aromatic N) is 2. The molecule has 0 aliphatic carbocycles. The SMILES string of the molecule is COc1ccc(CNC(=O)CC(C)=NNC(=O)c2ccccn2)cc1. The lowest BCUT2D eigenvalue weighted by Gasteiger charge is -2.06. The summed E-state index contributed by atoms with van der Waals surface area (Å²) >= 11 is 0. The molecule has 0 aliphatic rings. The van der Waals surface area contributed by atoms with Crippen molar-refractivity contribution in [3.8, 4) is 5.75 Å². The summed E-state index contributed by atoms with van der Waals surface area (Å²) in [5.74, 6) is 0.171. The van der Waals surface area contributed by atoms with E-state index in [9.17, 15) is 9.59 Å². The summed E-state index contributed by atoms with van der Waals surface area (Å²) < 4.78 is 5.08. The number of methoxy groups -OCH3 is 1. The number of carbonyl (C=O) groups excluding carboxylic acids is 2. The van der Waals surface area contributed by atoms with Crippen molar-refractivity contribution in [1.82, 2.24) is 15.7 Å². The van der Waals surface area contributed by atoms with Gasteiger partial charge in [-0.15, -0.1) is 0 Å². The van der Waals surface area contributed by atoms with Crippen molar-refractivity contribution < 1.29 is 14.3 Å². The molecule has 130 valence electrons. The molecular formula is C18H20N4O3. The van der Waals surface area contributed by atoms with Gasteiger partial charge < -0.3 is 10.1 Å². The van der Waals surface area contributed by atoms with E-state index in [2.05, 4.69) is 20.8 Å². The molecule has 0 saturated carbocycles. The van der Waals surface area contributed by atoms with Gasteiger partial charge in [0, 0.05) is 18.5 Å². The highest BCUT2D eigenvalue weighted by atomic mass is 16.5. The molecule has 0 fully saturated rings. The molecule has 1 heterocycles. The predicted molar refractivity (Wildman–Crippen MR) is 94.3 cm³/mol. The lowest BCUT2D eigenvalue weighted by atomic mass is 10.2. The highest BCUT2D eigenvalue weighted by molar-refractivity contribution is 6.00. The molecule has 1 aromatic carbocycles. The number of rotatable bonds is 7. The fourth-order valence-electron chi connectivity index (χ4n) is 1.98. The van der Waals surface area contributed by atoms with E-state index in [1.54, 1.807) is 32.2 Å². The molecular weight excluding hydrogens is 320 g/mol. The first-order valence-electron chi connectivity index (χ1n) is 7.72. The van der Waals surface area contributed by atoms with Crippen molar-refractivity contribution in [3.63, 3.8) is 0 Å². The molecule has 2 amide bonds. The predicted octanol–water partition coefficient (Wildman–Crippen LogP) is 1.90. The number of amides is 2. The van der Waals surface area contributed by atoms with Crippen molar-refractivity contribution in [2.24, 2.45) is 5.10 Å². The summed E-state index contributed by atoms with van der Waals surface area (Å²) in [4.78, 5) is 27.7. The Morgan fingerprint density at radius 2 is 1.92 bits per heavy atom. The molecule has 2 aromatic rings. The quantitative estimate of drug-likeness (QED) is 0.595. The molecule has 0 atom stereocenters. The number of nitrogens with one attached hydrogen (secondary N) is 2. The molecule has 7 heteroatoms. The average Bonchev–Trinajstić information content (AvgIpc) is 2.65.